The van der Waals surface area contributed by atoms with Crippen molar-refractivity contribution in [3.8, 4) is 0 Å². The minimum Gasteiger partial charge on any atom is -0.396 e. The lowest BCUT2D eigenvalue weighted by atomic mass is 9.60. The molecule has 0 amide bonds. The van der Waals surface area contributed by atoms with E-state index in [0.717, 1.165) is 13.2 Å². The van der Waals surface area contributed by atoms with Crippen molar-refractivity contribution in [3.63, 3.8) is 0 Å². The second kappa shape index (κ2) is 4.77. The number of nitrogens with one attached hydrogen (secondary N) is 1. The molecule has 3 fully saturated rings. The van der Waals surface area contributed by atoms with E-state index in [0.29, 0.717) is 24.2 Å². The fourth-order valence-electron chi connectivity index (χ4n) is 4.08. The highest BCUT2D eigenvalue weighted by Crippen LogP contribution is 2.55. The molecule has 0 heterocycles. The standard InChI is InChI=1S/C15H27NO2/c1-2-18-13-9-12(15(13)5-3-4-6-15)16-10-14(11-17)7-8-14/h12-13,16-17H,2-11H2,1H3. The van der Waals surface area contributed by atoms with Crippen LogP contribution in [-0.4, -0.2) is 37.0 Å². The summed E-state index contributed by atoms with van der Waals surface area (Å²) in [6.07, 6.45) is 9.47. The third-order valence-electron chi connectivity index (χ3n) is 5.70. The highest BCUT2D eigenvalue weighted by molar-refractivity contribution is 5.11. The maximum absolute atomic E-state index is 9.39. The summed E-state index contributed by atoms with van der Waals surface area (Å²) in [7, 11) is 0. The first-order chi connectivity index (χ1) is 8.75. The lowest BCUT2D eigenvalue weighted by Gasteiger charge is -2.54. The SMILES string of the molecule is CCOC1CC(NCC2(CO)CC2)C12CCCC2. The molecule has 3 nitrogen and oxygen atoms in total. The van der Waals surface area contributed by atoms with E-state index in [4.69, 9.17) is 4.74 Å². The Morgan fingerprint density at radius 1 is 1.22 bits per heavy atom. The maximum atomic E-state index is 9.39. The normalized spacial score (nSPS) is 35.7. The van der Waals surface area contributed by atoms with Crippen LogP contribution in [0.3, 0.4) is 0 Å². The van der Waals surface area contributed by atoms with Crippen molar-refractivity contribution in [2.75, 3.05) is 19.8 Å². The van der Waals surface area contributed by atoms with E-state index in [2.05, 4.69) is 12.2 Å². The molecule has 0 radical (unpaired) electrons. The molecule has 3 aliphatic rings. The van der Waals surface area contributed by atoms with Gasteiger partial charge >= 0.3 is 0 Å². The van der Waals surface area contributed by atoms with Crippen LogP contribution in [0.15, 0.2) is 0 Å². The van der Waals surface area contributed by atoms with Gasteiger partial charge in [0, 0.05) is 36.6 Å². The van der Waals surface area contributed by atoms with E-state index in [9.17, 15) is 5.11 Å². The minimum atomic E-state index is 0.233. The highest BCUT2D eigenvalue weighted by atomic mass is 16.5. The average Bonchev–Trinajstić information content (AvgIpc) is 2.97. The third-order valence-corrected chi connectivity index (χ3v) is 5.70. The molecule has 2 unspecified atom stereocenters. The predicted octanol–water partition coefficient (Wildman–Crippen LogP) is 2.09. The van der Waals surface area contributed by atoms with Gasteiger partial charge in [0.1, 0.15) is 0 Å². The fourth-order valence-corrected chi connectivity index (χ4v) is 4.08. The van der Waals surface area contributed by atoms with E-state index in [1.54, 1.807) is 0 Å². The Morgan fingerprint density at radius 3 is 2.50 bits per heavy atom. The lowest BCUT2D eigenvalue weighted by Crippen LogP contribution is -2.63. The first kappa shape index (κ1) is 12.9. The molecule has 2 N–H and O–H groups in total. The highest BCUT2D eigenvalue weighted by Gasteiger charge is 2.57. The smallest absolute Gasteiger partial charge is 0.0661 e. The number of aliphatic hydroxyl groups is 1. The van der Waals surface area contributed by atoms with Gasteiger partial charge in [-0.3, -0.25) is 0 Å². The van der Waals surface area contributed by atoms with Gasteiger partial charge in [-0.1, -0.05) is 12.8 Å². The van der Waals surface area contributed by atoms with Crippen LogP contribution >= 0.6 is 0 Å². The van der Waals surface area contributed by atoms with E-state index < -0.39 is 0 Å². The monoisotopic (exact) mass is 253 g/mol. The number of aliphatic hydroxyl groups excluding tert-OH is 1. The van der Waals surface area contributed by atoms with Gasteiger partial charge in [-0.25, -0.2) is 0 Å². The van der Waals surface area contributed by atoms with Crippen molar-refractivity contribution in [2.45, 2.75) is 64.0 Å². The molecule has 1 spiro atoms. The van der Waals surface area contributed by atoms with E-state index in [1.807, 2.05) is 0 Å². The summed E-state index contributed by atoms with van der Waals surface area (Å²) in [5.41, 5.74) is 0.665. The Morgan fingerprint density at radius 2 is 1.94 bits per heavy atom. The zero-order chi connectivity index (χ0) is 12.6. The Labute approximate surface area is 110 Å². The third kappa shape index (κ3) is 2.00. The van der Waals surface area contributed by atoms with Crippen molar-refractivity contribution in [1.82, 2.24) is 5.32 Å². The van der Waals surface area contributed by atoms with Crippen LogP contribution in [0.2, 0.25) is 0 Å². The molecule has 0 aliphatic heterocycles. The second-order valence-corrected chi connectivity index (χ2v) is 6.71. The van der Waals surface area contributed by atoms with Crippen molar-refractivity contribution >= 4 is 0 Å². The van der Waals surface area contributed by atoms with Gasteiger partial charge in [0.2, 0.25) is 0 Å². The summed E-state index contributed by atoms with van der Waals surface area (Å²) in [6, 6.07) is 0.639. The molecular weight excluding hydrogens is 226 g/mol. The average molecular weight is 253 g/mol. The van der Waals surface area contributed by atoms with Gasteiger partial charge in [-0.05, 0) is 39.0 Å². The summed E-state index contributed by atoms with van der Waals surface area (Å²) < 4.78 is 5.93. The Bertz CT molecular complexity index is 295. The van der Waals surface area contributed by atoms with Gasteiger partial charge in [0.25, 0.3) is 0 Å². The minimum absolute atomic E-state index is 0.233. The predicted molar refractivity (Wildman–Crippen MR) is 71.5 cm³/mol. The van der Waals surface area contributed by atoms with E-state index in [1.165, 1.54) is 44.9 Å². The largest absolute Gasteiger partial charge is 0.396 e. The molecule has 2 atom stereocenters. The molecule has 0 aromatic carbocycles. The topological polar surface area (TPSA) is 41.5 Å². The van der Waals surface area contributed by atoms with Gasteiger partial charge in [0.15, 0.2) is 0 Å². The Hall–Kier alpha value is -0.120. The first-order valence-electron chi connectivity index (χ1n) is 7.71. The summed E-state index contributed by atoms with van der Waals surface area (Å²) in [5, 5.41) is 13.1. The summed E-state index contributed by atoms with van der Waals surface area (Å²) in [6.45, 7) is 4.32. The van der Waals surface area contributed by atoms with Crippen molar-refractivity contribution < 1.29 is 9.84 Å². The zero-order valence-corrected chi connectivity index (χ0v) is 11.6. The summed E-state index contributed by atoms with van der Waals surface area (Å²) in [4.78, 5) is 0. The molecule has 104 valence electrons. The Kier molecular flexibility index (Phi) is 3.41. The molecule has 3 heteroatoms. The van der Waals surface area contributed by atoms with E-state index in [-0.39, 0.29) is 5.41 Å². The molecule has 18 heavy (non-hydrogen) atoms. The Balaban J connectivity index is 1.56. The molecule has 0 aromatic rings. The number of hydrogen-bond donors (Lipinski definition) is 2. The quantitative estimate of drug-likeness (QED) is 0.761. The van der Waals surface area contributed by atoms with Gasteiger partial charge < -0.3 is 15.2 Å². The maximum Gasteiger partial charge on any atom is 0.0661 e. The number of rotatable bonds is 6. The van der Waals surface area contributed by atoms with Gasteiger partial charge in [-0.2, -0.15) is 0 Å². The van der Waals surface area contributed by atoms with Crippen molar-refractivity contribution in [3.05, 3.63) is 0 Å². The molecule has 0 saturated heterocycles. The molecule has 0 aromatic heterocycles. The second-order valence-electron chi connectivity index (χ2n) is 6.71. The van der Waals surface area contributed by atoms with Crippen LogP contribution in [0.4, 0.5) is 0 Å². The van der Waals surface area contributed by atoms with Crippen LogP contribution in [-0.2, 0) is 4.74 Å². The number of hydrogen-bond acceptors (Lipinski definition) is 3. The van der Waals surface area contributed by atoms with Crippen molar-refractivity contribution in [2.24, 2.45) is 10.8 Å². The van der Waals surface area contributed by atoms with Crippen molar-refractivity contribution in [1.29, 1.82) is 0 Å². The first-order valence-corrected chi connectivity index (χ1v) is 7.71. The van der Waals surface area contributed by atoms with Crippen LogP contribution in [0.5, 0.6) is 0 Å². The van der Waals surface area contributed by atoms with Crippen LogP contribution < -0.4 is 5.32 Å². The molecule has 0 bridgehead atoms. The number of ether oxygens (including phenoxy) is 1. The molecule has 3 aliphatic carbocycles. The van der Waals surface area contributed by atoms with E-state index >= 15 is 0 Å². The lowest BCUT2D eigenvalue weighted by molar-refractivity contribution is -0.131. The van der Waals surface area contributed by atoms with Crippen LogP contribution in [0, 0.1) is 10.8 Å². The summed E-state index contributed by atoms with van der Waals surface area (Å²) >= 11 is 0. The van der Waals surface area contributed by atoms with Gasteiger partial charge in [-0.15, -0.1) is 0 Å². The molecule has 3 saturated carbocycles. The molecular formula is C15H27NO2. The van der Waals surface area contributed by atoms with Crippen LogP contribution in [0.1, 0.15) is 51.9 Å². The molecule has 3 rings (SSSR count). The summed E-state index contributed by atoms with van der Waals surface area (Å²) in [5.74, 6) is 0. The van der Waals surface area contributed by atoms with Crippen LogP contribution in [0.25, 0.3) is 0 Å². The zero-order valence-electron chi connectivity index (χ0n) is 11.6. The van der Waals surface area contributed by atoms with Gasteiger partial charge in [0.05, 0.1) is 6.10 Å². The fraction of sp³-hybridized carbons (Fsp3) is 1.00.